The van der Waals surface area contributed by atoms with Crippen LogP contribution in [0.25, 0.3) is 0 Å². The highest BCUT2D eigenvalue weighted by Crippen LogP contribution is 2.31. The maximum Gasteiger partial charge on any atom is 0.243 e. The third-order valence-electron chi connectivity index (χ3n) is 3.87. The number of nitrogens with one attached hydrogen (secondary N) is 1. The fourth-order valence-electron chi connectivity index (χ4n) is 2.80. The number of carbonyl (C=O) groups excluding carboxylic acids is 1. The largest absolute Gasteiger partial charge is 0.359 e. The Morgan fingerprint density at radius 1 is 1.23 bits per heavy atom. The predicted molar refractivity (Wildman–Crippen MR) is 81.9 cm³/mol. The maximum atomic E-state index is 13.2. The fourth-order valence-corrected chi connectivity index (χ4v) is 2.80. The molecule has 3 rings (SSSR count). The zero-order chi connectivity index (χ0) is 15.7. The minimum absolute atomic E-state index is 0.178. The Morgan fingerprint density at radius 2 is 2.00 bits per heavy atom. The van der Waals surface area contributed by atoms with Crippen LogP contribution < -0.4 is 10.2 Å². The summed E-state index contributed by atoms with van der Waals surface area (Å²) in [5, 5.41) is 2.60. The molecule has 22 heavy (non-hydrogen) atoms. The number of benzene rings is 2. The topological polar surface area (TPSA) is 32.3 Å². The lowest BCUT2D eigenvalue weighted by molar-refractivity contribution is -0.115. The van der Waals surface area contributed by atoms with Crippen LogP contribution in [0.15, 0.2) is 42.5 Å². The zero-order valence-corrected chi connectivity index (χ0v) is 12.1. The van der Waals surface area contributed by atoms with Gasteiger partial charge in [0, 0.05) is 23.5 Å². The number of hydrogen-bond acceptors (Lipinski definition) is 2. The van der Waals surface area contributed by atoms with Crippen LogP contribution in [-0.4, -0.2) is 18.5 Å². The molecule has 0 saturated heterocycles. The standard InChI is InChI=1S/C17H16F2N2O/c1-11-8-12-4-2-3-5-16(12)21(11)10-17(22)20-13-6-7-14(18)15(19)9-13/h2-7,9,11H,8,10H2,1H3,(H,20,22). The summed E-state index contributed by atoms with van der Waals surface area (Å²) in [6.07, 6.45) is 0.897. The van der Waals surface area contributed by atoms with Crippen LogP contribution in [0.1, 0.15) is 12.5 Å². The Bertz CT molecular complexity index is 718. The number of carbonyl (C=O) groups is 1. The maximum absolute atomic E-state index is 13.2. The quantitative estimate of drug-likeness (QED) is 0.943. The van der Waals surface area contributed by atoms with E-state index in [0.29, 0.717) is 0 Å². The fraction of sp³-hybridized carbons (Fsp3) is 0.235. The molecular formula is C17H16F2N2O. The lowest BCUT2D eigenvalue weighted by Gasteiger charge is -2.24. The Hall–Kier alpha value is -2.43. The Balaban J connectivity index is 1.70. The van der Waals surface area contributed by atoms with Gasteiger partial charge in [-0.25, -0.2) is 8.78 Å². The molecule has 1 N–H and O–H groups in total. The summed E-state index contributed by atoms with van der Waals surface area (Å²) in [5.74, 6) is -2.16. The van der Waals surface area contributed by atoms with E-state index in [1.807, 2.05) is 23.1 Å². The van der Waals surface area contributed by atoms with Gasteiger partial charge in [0.1, 0.15) is 0 Å². The van der Waals surface area contributed by atoms with E-state index in [9.17, 15) is 13.6 Å². The van der Waals surface area contributed by atoms with Crippen molar-refractivity contribution >= 4 is 17.3 Å². The first kappa shape index (κ1) is 14.5. The molecule has 0 fully saturated rings. The first-order valence-corrected chi connectivity index (χ1v) is 7.14. The number of hydrogen-bond donors (Lipinski definition) is 1. The molecule has 3 nitrogen and oxygen atoms in total. The molecule has 0 spiro atoms. The van der Waals surface area contributed by atoms with Crippen molar-refractivity contribution in [1.29, 1.82) is 0 Å². The van der Waals surface area contributed by atoms with E-state index in [0.717, 1.165) is 24.2 Å². The van der Waals surface area contributed by atoms with Crippen molar-refractivity contribution in [3.05, 3.63) is 59.7 Å². The van der Waals surface area contributed by atoms with Gasteiger partial charge in [0.2, 0.25) is 5.91 Å². The predicted octanol–water partition coefficient (Wildman–Crippen LogP) is 3.35. The third-order valence-corrected chi connectivity index (χ3v) is 3.87. The summed E-state index contributed by atoms with van der Waals surface area (Å²) in [5.41, 5.74) is 2.52. The van der Waals surface area contributed by atoms with E-state index in [4.69, 9.17) is 0 Å². The summed E-state index contributed by atoms with van der Waals surface area (Å²) in [7, 11) is 0. The molecule has 0 bridgehead atoms. The van der Waals surface area contributed by atoms with Crippen molar-refractivity contribution in [1.82, 2.24) is 0 Å². The molecule has 0 aliphatic carbocycles. The van der Waals surface area contributed by atoms with E-state index in [1.54, 1.807) is 0 Å². The number of halogens is 2. The van der Waals surface area contributed by atoms with Gasteiger partial charge in [0.05, 0.1) is 6.54 Å². The molecule has 5 heteroatoms. The second-order valence-electron chi connectivity index (χ2n) is 5.49. The molecule has 0 aromatic heterocycles. The molecule has 1 amide bonds. The summed E-state index contributed by atoms with van der Waals surface area (Å²) < 4.78 is 26.0. The highest BCUT2D eigenvalue weighted by atomic mass is 19.2. The van der Waals surface area contributed by atoms with E-state index in [-0.39, 0.29) is 24.2 Å². The summed E-state index contributed by atoms with van der Waals surface area (Å²) in [6.45, 7) is 2.24. The molecule has 1 heterocycles. The van der Waals surface area contributed by atoms with E-state index in [1.165, 1.54) is 11.6 Å². The smallest absolute Gasteiger partial charge is 0.243 e. The monoisotopic (exact) mass is 302 g/mol. The van der Waals surface area contributed by atoms with Gasteiger partial charge in [0.15, 0.2) is 11.6 Å². The van der Waals surface area contributed by atoms with Crippen molar-refractivity contribution < 1.29 is 13.6 Å². The van der Waals surface area contributed by atoms with Crippen LogP contribution in [0, 0.1) is 11.6 Å². The molecule has 0 radical (unpaired) electrons. The molecular weight excluding hydrogens is 286 g/mol. The van der Waals surface area contributed by atoms with E-state index < -0.39 is 11.6 Å². The molecule has 1 aliphatic rings. The van der Waals surface area contributed by atoms with Crippen molar-refractivity contribution in [3.63, 3.8) is 0 Å². The van der Waals surface area contributed by atoms with Crippen LogP contribution >= 0.6 is 0 Å². The van der Waals surface area contributed by atoms with Crippen molar-refractivity contribution in [2.45, 2.75) is 19.4 Å². The van der Waals surface area contributed by atoms with Crippen LogP contribution in [0.4, 0.5) is 20.2 Å². The molecule has 1 unspecified atom stereocenters. The average molecular weight is 302 g/mol. The Morgan fingerprint density at radius 3 is 2.77 bits per heavy atom. The second kappa shape index (κ2) is 5.75. The van der Waals surface area contributed by atoms with Crippen LogP contribution in [0.2, 0.25) is 0 Å². The second-order valence-corrected chi connectivity index (χ2v) is 5.49. The molecule has 2 aromatic rings. The van der Waals surface area contributed by atoms with Crippen molar-refractivity contribution in [3.8, 4) is 0 Å². The number of nitrogens with zero attached hydrogens (tertiary/aromatic N) is 1. The molecule has 1 atom stereocenters. The van der Waals surface area contributed by atoms with Gasteiger partial charge in [-0.3, -0.25) is 4.79 Å². The van der Waals surface area contributed by atoms with E-state index in [2.05, 4.69) is 18.3 Å². The number of fused-ring (bicyclic) bond motifs is 1. The number of anilines is 2. The van der Waals surface area contributed by atoms with Gasteiger partial charge in [-0.05, 0) is 37.1 Å². The van der Waals surface area contributed by atoms with Gasteiger partial charge in [-0.2, -0.15) is 0 Å². The number of amides is 1. The lowest BCUT2D eigenvalue weighted by atomic mass is 10.1. The van der Waals surface area contributed by atoms with Crippen LogP contribution in [0.3, 0.4) is 0 Å². The summed E-state index contributed by atoms with van der Waals surface area (Å²) in [6, 6.07) is 11.5. The zero-order valence-electron chi connectivity index (χ0n) is 12.1. The lowest BCUT2D eigenvalue weighted by Crippen LogP contribution is -2.37. The van der Waals surface area contributed by atoms with Crippen LogP contribution in [-0.2, 0) is 11.2 Å². The number of para-hydroxylation sites is 1. The molecule has 2 aromatic carbocycles. The van der Waals surface area contributed by atoms with Crippen molar-refractivity contribution in [2.75, 3.05) is 16.8 Å². The number of rotatable bonds is 3. The first-order valence-electron chi connectivity index (χ1n) is 7.14. The molecule has 1 aliphatic heterocycles. The van der Waals surface area contributed by atoms with Gasteiger partial charge in [-0.15, -0.1) is 0 Å². The van der Waals surface area contributed by atoms with Gasteiger partial charge in [0.25, 0.3) is 0 Å². The summed E-state index contributed by atoms with van der Waals surface area (Å²) >= 11 is 0. The van der Waals surface area contributed by atoms with Gasteiger partial charge in [-0.1, -0.05) is 18.2 Å². The average Bonchev–Trinajstić information content (AvgIpc) is 2.79. The normalized spacial score (nSPS) is 16.5. The highest BCUT2D eigenvalue weighted by Gasteiger charge is 2.27. The SMILES string of the molecule is CC1Cc2ccccc2N1CC(=O)Nc1ccc(F)c(F)c1. The Kier molecular flexibility index (Phi) is 3.79. The first-order chi connectivity index (χ1) is 10.5. The van der Waals surface area contributed by atoms with Crippen molar-refractivity contribution in [2.24, 2.45) is 0 Å². The third kappa shape index (κ3) is 2.79. The van der Waals surface area contributed by atoms with E-state index >= 15 is 0 Å². The highest BCUT2D eigenvalue weighted by molar-refractivity contribution is 5.94. The minimum Gasteiger partial charge on any atom is -0.359 e. The minimum atomic E-state index is -0.974. The summed E-state index contributed by atoms with van der Waals surface area (Å²) in [4.78, 5) is 14.2. The molecule has 0 saturated carbocycles. The van der Waals surface area contributed by atoms with Gasteiger partial charge >= 0.3 is 0 Å². The molecule has 114 valence electrons. The van der Waals surface area contributed by atoms with Crippen LogP contribution in [0.5, 0.6) is 0 Å². The van der Waals surface area contributed by atoms with Gasteiger partial charge < -0.3 is 10.2 Å². The Labute approximate surface area is 127 Å².